The molecule has 1 aliphatic rings. The van der Waals surface area contributed by atoms with Gasteiger partial charge in [-0.15, -0.1) is 0 Å². The van der Waals surface area contributed by atoms with Crippen molar-refractivity contribution in [1.82, 2.24) is 0 Å². The minimum absolute atomic E-state index is 0.322. The molecule has 0 aliphatic heterocycles. The fraction of sp³-hybridized carbons (Fsp3) is 0.0769. The molecule has 96 valence electrons. The Bertz CT molecular complexity index is 716. The fourth-order valence-electron chi connectivity index (χ4n) is 1.71. The Hall–Kier alpha value is -2.43. The molecule has 0 atom stereocenters. The summed E-state index contributed by atoms with van der Waals surface area (Å²) in [7, 11) is -2.34. The minimum atomic E-state index is -2.34. The van der Waals surface area contributed by atoms with Crippen LogP contribution >= 0.6 is 0 Å². The van der Waals surface area contributed by atoms with Crippen LogP contribution in [0.25, 0.3) is 5.53 Å². The minimum Gasteiger partial charge on any atom is -0.361 e. The van der Waals surface area contributed by atoms with Crippen LogP contribution in [-0.4, -0.2) is 24.3 Å². The molecule has 1 aromatic rings. The maximum atomic E-state index is 10.7. The highest BCUT2D eigenvalue weighted by atomic mass is 32.2. The van der Waals surface area contributed by atoms with Gasteiger partial charge < -0.3 is 10.8 Å². The van der Waals surface area contributed by atoms with E-state index in [0.717, 1.165) is 16.8 Å². The first-order chi connectivity index (χ1) is 9.19. The summed E-state index contributed by atoms with van der Waals surface area (Å²) < 4.78 is 21.4. The van der Waals surface area contributed by atoms with Crippen molar-refractivity contribution in [2.24, 2.45) is 0 Å². The van der Waals surface area contributed by atoms with E-state index in [1.54, 1.807) is 6.08 Å². The number of benzene rings is 1. The molecule has 1 aliphatic carbocycles. The van der Waals surface area contributed by atoms with Crippen LogP contribution in [0.5, 0.6) is 0 Å². The first-order valence-electron chi connectivity index (χ1n) is 5.57. The highest BCUT2D eigenvalue weighted by molar-refractivity contribution is 7.72. The molecule has 0 amide bonds. The van der Waals surface area contributed by atoms with Crippen LogP contribution in [0.4, 0.5) is 5.69 Å². The Labute approximate surface area is 112 Å². The third kappa shape index (κ3) is 3.51. The molecule has 0 spiro atoms. The third-order valence-corrected chi connectivity index (χ3v) is 3.01. The molecule has 0 unspecified atom stereocenters. The highest BCUT2D eigenvalue weighted by Crippen LogP contribution is 2.16. The molecule has 2 rings (SSSR count). The summed E-state index contributed by atoms with van der Waals surface area (Å²) in [5, 5.41) is 4.18. The van der Waals surface area contributed by atoms with Gasteiger partial charge in [0.05, 0.1) is 17.4 Å². The van der Waals surface area contributed by atoms with Gasteiger partial charge in [-0.3, -0.25) is 0 Å². The second-order valence-corrected chi connectivity index (χ2v) is 4.64. The molecule has 19 heavy (non-hydrogen) atoms. The van der Waals surface area contributed by atoms with E-state index in [2.05, 4.69) is 10.1 Å². The Balaban J connectivity index is 2.30. The zero-order valence-corrected chi connectivity index (χ0v) is 10.8. The lowest BCUT2D eigenvalue weighted by molar-refractivity contribution is -0.00590. The van der Waals surface area contributed by atoms with Gasteiger partial charge in [-0.2, -0.15) is 13.2 Å². The van der Waals surface area contributed by atoms with E-state index in [1.807, 2.05) is 36.4 Å². The average molecular weight is 273 g/mol. The fourth-order valence-corrected chi connectivity index (χ4v) is 2.13. The Kier molecular flexibility index (Phi) is 4.07. The first-order valence-corrected chi connectivity index (χ1v) is 6.71. The number of anilines is 1. The maximum absolute atomic E-state index is 10.7. The summed E-state index contributed by atoms with van der Waals surface area (Å²) >= 11 is 0. The van der Waals surface area contributed by atoms with E-state index < -0.39 is 10.3 Å². The van der Waals surface area contributed by atoms with E-state index in [4.69, 9.17) is 5.53 Å². The molecule has 0 aromatic heterocycles. The summed E-state index contributed by atoms with van der Waals surface area (Å²) in [6.07, 6.45) is 3.82. The maximum Gasteiger partial charge on any atom is 0.304 e. The molecule has 5 nitrogen and oxygen atoms in total. The molecular formula is C13H11N3O2S. The number of nitrogens with one attached hydrogen (secondary N) is 1. The van der Waals surface area contributed by atoms with Crippen LogP contribution < -0.4 is 5.32 Å². The molecule has 1 N–H and O–H groups in total. The third-order valence-electron chi connectivity index (χ3n) is 2.57. The Morgan fingerprint density at radius 2 is 2.00 bits per heavy atom. The van der Waals surface area contributed by atoms with Crippen molar-refractivity contribution in [1.29, 1.82) is 0 Å². The zero-order valence-electron chi connectivity index (χ0n) is 9.95. The van der Waals surface area contributed by atoms with Gasteiger partial charge in [-0.25, -0.2) is 0 Å². The largest absolute Gasteiger partial charge is 0.361 e. The standard InChI is InChI=1S/C13H11N3O2S/c14-16-13-7-6-12(8-10(13)9-19(17)18)15-11-4-2-1-3-5-11/h1-6,8-9,15H,7H2. The van der Waals surface area contributed by atoms with Gasteiger partial charge >= 0.3 is 5.71 Å². The predicted molar refractivity (Wildman–Crippen MR) is 74.5 cm³/mol. The van der Waals surface area contributed by atoms with Crippen molar-refractivity contribution < 1.29 is 13.2 Å². The number of para-hydroxylation sites is 1. The zero-order chi connectivity index (χ0) is 13.7. The first kappa shape index (κ1) is 13.0. The van der Waals surface area contributed by atoms with Crippen LogP contribution in [0, 0.1) is 0 Å². The number of allylic oxidation sites excluding steroid dienone is 3. The van der Waals surface area contributed by atoms with Crippen LogP contribution in [0.3, 0.4) is 0 Å². The molecule has 0 saturated carbocycles. The number of hydrogen-bond donors (Lipinski definition) is 1. The SMILES string of the molecule is [N-]=[N+]=C1CC=C(Nc2ccccc2)C=C1C=S(=O)=O. The lowest BCUT2D eigenvalue weighted by Gasteiger charge is -2.10. The summed E-state index contributed by atoms with van der Waals surface area (Å²) in [6, 6.07) is 9.51. The second kappa shape index (κ2) is 5.95. The molecule has 0 saturated heterocycles. The Morgan fingerprint density at radius 1 is 1.26 bits per heavy atom. The summed E-state index contributed by atoms with van der Waals surface area (Å²) in [6.45, 7) is 0. The topological polar surface area (TPSA) is 82.6 Å². The van der Waals surface area contributed by atoms with Crippen molar-refractivity contribution >= 4 is 27.1 Å². The average Bonchev–Trinajstić information content (AvgIpc) is 2.39. The Morgan fingerprint density at radius 3 is 2.63 bits per heavy atom. The van der Waals surface area contributed by atoms with Gasteiger partial charge in [-0.05, 0) is 24.3 Å². The molecule has 0 fully saturated rings. The number of hydrogen-bond acceptors (Lipinski definition) is 3. The molecule has 0 heterocycles. The molecule has 6 heteroatoms. The normalized spacial score (nSPS) is 14.0. The van der Waals surface area contributed by atoms with Crippen molar-refractivity contribution in [2.45, 2.75) is 6.42 Å². The van der Waals surface area contributed by atoms with Crippen LogP contribution in [0.1, 0.15) is 6.42 Å². The molecular weight excluding hydrogens is 262 g/mol. The second-order valence-electron chi connectivity index (χ2n) is 3.88. The van der Waals surface area contributed by atoms with Crippen LogP contribution in [0.15, 0.2) is 53.8 Å². The highest BCUT2D eigenvalue weighted by Gasteiger charge is 2.18. The van der Waals surface area contributed by atoms with Crippen molar-refractivity contribution in [3.05, 3.63) is 59.3 Å². The van der Waals surface area contributed by atoms with Gasteiger partial charge in [0, 0.05) is 11.4 Å². The van der Waals surface area contributed by atoms with Crippen LogP contribution in [-0.2, 0) is 10.3 Å². The van der Waals surface area contributed by atoms with E-state index in [-0.39, 0.29) is 0 Å². The summed E-state index contributed by atoms with van der Waals surface area (Å²) in [4.78, 5) is 3.09. The van der Waals surface area contributed by atoms with Gasteiger partial charge in [0.2, 0.25) is 10.3 Å². The van der Waals surface area contributed by atoms with E-state index in [0.29, 0.717) is 17.7 Å². The van der Waals surface area contributed by atoms with E-state index in [9.17, 15) is 8.42 Å². The van der Waals surface area contributed by atoms with E-state index >= 15 is 0 Å². The lowest BCUT2D eigenvalue weighted by atomic mass is 10.0. The number of nitrogens with zero attached hydrogens (tertiary/aromatic N) is 2. The predicted octanol–water partition coefficient (Wildman–Crippen LogP) is 1.66. The van der Waals surface area contributed by atoms with Crippen LogP contribution in [0.2, 0.25) is 0 Å². The van der Waals surface area contributed by atoms with Crippen molar-refractivity contribution in [3.63, 3.8) is 0 Å². The molecule has 0 bridgehead atoms. The van der Waals surface area contributed by atoms with Crippen molar-refractivity contribution in [3.8, 4) is 0 Å². The lowest BCUT2D eigenvalue weighted by Crippen LogP contribution is -2.12. The smallest absolute Gasteiger partial charge is 0.304 e. The summed E-state index contributed by atoms with van der Waals surface area (Å²) in [5.41, 5.74) is 11.2. The van der Waals surface area contributed by atoms with Crippen molar-refractivity contribution in [2.75, 3.05) is 5.32 Å². The van der Waals surface area contributed by atoms with Gasteiger partial charge in [-0.1, -0.05) is 18.2 Å². The van der Waals surface area contributed by atoms with Gasteiger partial charge in [0.1, 0.15) is 0 Å². The monoisotopic (exact) mass is 273 g/mol. The summed E-state index contributed by atoms with van der Waals surface area (Å²) in [5.74, 6) is 0. The molecule has 0 radical (unpaired) electrons. The number of rotatable bonds is 3. The van der Waals surface area contributed by atoms with Gasteiger partial charge in [0.25, 0.3) is 0 Å². The van der Waals surface area contributed by atoms with Gasteiger partial charge in [0.15, 0.2) is 0 Å². The molecule has 1 aromatic carbocycles. The van der Waals surface area contributed by atoms with E-state index in [1.165, 1.54) is 0 Å². The quantitative estimate of drug-likeness (QED) is 0.516.